The van der Waals surface area contributed by atoms with E-state index in [1.165, 1.54) is 16.5 Å². The smallest absolute Gasteiger partial charge is 0.160 e. The number of benzene rings is 6. The Bertz CT molecular complexity index is 2550. The molecular weight excluding hydrogens is 609 g/mol. The van der Waals surface area contributed by atoms with Crippen LogP contribution >= 0.6 is 0 Å². The standard InChI is InChI=1S/C46H30N4/c1-4-14-31(15-5-1)36-20-12-23-39-43(36)38-22-13-21-37(44(38)50-45(39)40-24-10-11-29-47-40)32-25-27-34(28-26-32)42-30-41(33-16-6-2-7-17-33)48-46(49-42)35-18-8-3-9-19-35/h1-30H. The average molecular weight is 639 g/mol. The van der Waals surface area contributed by atoms with Crippen LogP contribution in [0, 0.1) is 0 Å². The Morgan fingerprint density at radius 2 is 0.880 bits per heavy atom. The summed E-state index contributed by atoms with van der Waals surface area (Å²) in [7, 11) is 0. The van der Waals surface area contributed by atoms with Gasteiger partial charge < -0.3 is 0 Å². The SMILES string of the molecule is c1ccc(-c2cc(-c3ccc(-c4cccc5c4nc(-c4ccccn4)c4cccc(-c6ccccc6)c45)cc3)nc(-c3ccccc3)n2)cc1. The van der Waals surface area contributed by atoms with Gasteiger partial charge in [0.1, 0.15) is 0 Å². The van der Waals surface area contributed by atoms with Crippen molar-refractivity contribution in [2.75, 3.05) is 0 Å². The maximum atomic E-state index is 5.37. The molecule has 0 fully saturated rings. The van der Waals surface area contributed by atoms with E-state index in [2.05, 4.69) is 121 Å². The van der Waals surface area contributed by atoms with Crippen molar-refractivity contribution >= 4 is 21.7 Å². The van der Waals surface area contributed by atoms with Gasteiger partial charge in [-0.25, -0.2) is 15.0 Å². The van der Waals surface area contributed by atoms with Crippen LogP contribution in [0.25, 0.3) is 89.2 Å². The molecule has 234 valence electrons. The first-order valence-electron chi connectivity index (χ1n) is 16.7. The van der Waals surface area contributed by atoms with E-state index in [4.69, 9.17) is 19.9 Å². The number of aromatic nitrogens is 4. The molecule has 0 aliphatic rings. The van der Waals surface area contributed by atoms with Crippen LogP contribution in [0.4, 0.5) is 0 Å². The molecule has 0 bridgehead atoms. The van der Waals surface area contributed by atoms with Gasteiger partial charge >= 0.3 is 0 Å². The summed E-state index contributed by atoms with van der Waals surface area (Å²) >= 11 is 0. The summed E-state index contributed by atoms with van der Waals surface area (Å²) in [5, 5.41) is 3.36. The molecule has 0 saturated carbocycles. The highest BCUT2D eigenvalue weighted by molar-refractivity contribution is 6.19. The Hall–Kier alpha value is -6.78. The van der Waals surface area contributed by atoms with E-state index in [1.807, 2.05) is 60.8 Å². The molecule has 50 heavy (non-hydrogen) atoms. The van der Waals surface area contributed by atoms with Crippen LogP contribution in [-0.4, -0.2) is 19.9 Å². The molecule has 0 spiro atoms. The van der Waals surface area contributed by atoms with Gasteiger partial charge in [-0.05, 0) is 34.9 Å². The highest BCUT2D eigenvalue weighted by atomic mass is 14.9. The van der Waals surface area contributed by atoms with Crippen LogP contribution in [-0.2, 0) is 0 Å². The normalized spacial score (nSPS) is 11.2. The first kappa shape index (κ1) is 29.4. The van der Waals surface area contributed by atoms with Crippen molar-refractivity contribution in [1.82, 2.24) is 19.9 Å². The third-order valence-corrected chi connectivity index (χ3v) is 9.16. The summed E-state index contributed by atoms with van der Waals surface area (Å²) < 4.78 is 0. The molecule has 0 saturated heterocycles. The van der Waals surface area contributed by atoms with Gasteiger partial charge in [0.2, 0.25) is 0 Å². The number of hydrogen-bond acceptors (Lipinski definition) is 4. The average Bonchev–Trinajstić information content (AvgIpc) is 3.21. The Kier molecular flexibility index (Phi) is 7.45. The van der Waals surface area contributed by atoms with Crippen molar-refractivity contribution in [3.05, 3.63) is 182 Å². The van der Waals surface area contributed by atoms with E-state index < -0.39 is 0 Å². The molecule has 4 heteroatoms. The Labute approximate surface area is 290 Å². The van der Waals surface area contributed by atoms with E-state index in [-0.39, 0.29) is 0 Å². The van der Waals surface area contributed by atoms with E-state index in [9.17, 15) is 0 Å². The van der Waals surface area contributed by atoms with Crippen LogP contribution in [0.2, 0.25) is 0 Å². The lowest BCUT2D eigenvalue weighted by atomic mass is 9.91. The van der Waals surface area contributed by atoms with Gasteiger partial charge in [0, 0.05) is 44.6 Å². The Balaban J connectivity index is 1.21. The number of nitrogens with zero attached hydrogens (tertiary/aromatic N) is 4. The highest BCUT2D eigenvalue weighted by Gasteiger charge is 2.18. The van der Waals surface area contributed by atoms with E-state index in [0.29, 0.717) is 5.82 Å². The van der Waals surface area contributed by atoms with Crippen LogP contribution < -0.4 is 0 Å². The summed E-state index contributed by atoms with van der Waals surface area (Å²) in [5.74, 6) is 0.701. The van der Waals surface area contributed by atoms with E-state index in [1.54, 1.807) is 0 Å². The van der Waals surface area contributed by atoms with Crippen molar-refractivity contribution in [3.63, 3.8) is 0 Å². The molecule has 0 radical (unpaired) electrons. The number of fused-ring (bicyclic) bond motifs is 3. The quantitative estimate of drug-likeness (QED) is 0.170. The largest absolute Gasteiger partial charge is 0.255 e. The summed E-state index contributed by atoms with van der Waals surface area (Å²) in [5.41, 5.74) is 12.0. The molecule has 9 rings (SSSR count). The molecule has 0 aliphatic heterocycles. The van der Waals surface area contributed by atoms with Crippen LogP contribution in [0.5, 0.6) is 0 Å². The van der Waals surface area contributed by atoms with Crippen molar-refractivity contribution < 1.29 is 0 Å². The molecule has 4 nitrogen and oxygen atoms in total. The van der Waals surface area contributed by atoms with Crippen molar-refractivity contribution in [2.45, 2.75) is 0 Å². The second-order valence-electron chi connectivity index (χ2n) is 12.2. The minimum atomic E-state index is 0.701. The summed E-state index contributed by atoms with van der Waals surface area (Å²) in [6.07, 6.45) is 1.83. The van der Waals surface area contributed by atoms with Gasteiger partial charge in [0.25, 0.3) is 0 Å². The Morgan fingerprint density at radius 3 is 1.54 bits per heavy atom. The number of hydrogen-bond donors (Lipinski definition) is 0. The molecule has 0 amide bonds. The fraction of sp³-hybridized carbons (Fsp3) is 0. The second kappa shape index (κ2) is 12.7. The molecule has 0 unspecified atom stereocenters. The first-order valence-corrected chi connectivity index (χ1v) is 16.7. The van der Waals surface area contributed by atoms with Gasteiger partial charge in [0.05, 0.1) is 28.3 Å². The lowest BCUT2D eigenvalue weighted by molar-refractivity contribution is 1.18. The predicted molar refractivity (Wildman–Crippen MR) is 205 cm³/mol. The molecule has 0 aliphatic carbocycles. The van der Waals surface area contributed by atoms with Crippen molar-refractivity contribution in [2.24, 2.45) is 0 Å². The molecule has 0 atom stereocenters. The van der Waals surface area contributed by atoms with Gasteiger partial charge in [-0.3, -0.25) is 4.98 Å². The van der Waals surface area contributed by atoms with Gasteiger partial charge in [0.15, 0.2) is 5.82 Å². The summed E-state index contributed by atoms with van der Waals surface area (Å²) in [4.78, 5) is 20.1. The molecule has 9 aromatic rings. The molecule has 0 N–H and O–H groups in total. The highest BCUT2D eigenvalue weighted by Crippen LogP contribution is 2.41. The fourth-order valence-electron chi connectivity index (χ4n) is 6.76. The minimum Gasteiger partial charge on any atom is -0.255 e. The molecular formula is C46H30N4. The van der Waals surface area contributed by atoms with Crippen LogP contribution in [0.15, 0.2) is 182 Å². The third-order valence-electron chi connectivity index (χ3n) is 9.16. The summed E-state index contributed by atoms with van der Waals surface area (Å²) in [6.45, 7) is 0. The minimum absolute atomic E-state index is 0.701. The lowest BCUT2D eigenvalue weighted by Gasteiger charge is -2.16. The van der Waals surface area contributed by atoms with Gasteiger partial charge in [-0.15, -0.1) is 0 Å². The monoisotopic (exact) mass is 638 g/mol. The zero-order chi connectivity index (χ0) is 33.3. The van der Waals surface area contributed by atoms with Crippen molar-refractivity contribution in [3.8, 4) is 67.5 Å². The fourth-order valence-corrected chi connectivity index (χ4v) is 6.76. The summed E-state index contributed by atoms with van der Waals surface area (Å²) in [6, 6.07) is 60.7. The lowest BCUT2D eigenvalue weighted by Crippen LogP contribution is -1.96. The zero-order valence-corrected chi connectivity index (χ0v) is 27.1. The second-order valence-corrected chi connectivity index (χ2v) is 12.2. The predicted octanol–water partition coefficient (Wildman–Crippen LogP) is 11.6. The molecule has 3 heterocycles. The van der Waals surface area contributed by atoms with Gasteiger partial charge in [-0.1, -0.05) is 158 Å². The number of rotatable bonds is 6. The molecule has 3 aromatic heterocycles. The number of para-hydroxylation sites is 1. The first-order chi connectivity index (χ1) is 24.8. The van der Waals surface area contributed by atoms with E-state index >= 15 is 0 Å². The van der Waals surface area contributed by atoms with E-state index in [0.717, 1.165) is 66.9 Å². The van der Waals surface area contributed by atoms with Crippen LogP contribution in [0.1, 0.15) is 0 Å². The zero-order valence-electron chi connectivity index (χ0n) is 27.1. The molecule has 6 aromatic carbocycles. The van der Waals surface area contributed by atoms with Crippen molar-refractivity contribution in [1.29, 1.82) is 0 Å². The third kappa shape index (κ3) is 5.39. The van der Waals surface area contributed by atoms with Gasteiger partial charge in [-0.2, -0.15) is 0 Å². The maximum Gasteiger partial charge on any atom is 0.160 e. The van der Waals surface area contributed by atoms with Crippen LogP contribution in [0.3, 0.4) is 0 Å². The Morgan fingerprint density at radius 1 is 0.340 bits per heavy atom. The topological polar surface area (TPSA) is 51.6 Å². The maximum absolute atomic E-state index is 5.37. The number of pyridine rings is 2.